The van der Waals surface area contributed by atoms with Crippen LogP contribution in [0.4, 0.5) is 0 Å². The second-order valence-electron chi connectivity index (χ2n) is 5.04. The maximum Gasteiger partial charge on any atom is 0.238 e. The number of pyridine rings is 1. The van der Waals surface area contributed by atoms with Crippen molar-refractivity contribution < 1.29 is 9.47 Å². The predicted molar refractivity (Wildman–Crippen MR) is 67.9 cm³/mol. The molecule has 0 saturated carbocycles. The van der Waals surface area contributed by atoms with Gasteiger partial charge >= 0.3 is 0 Å². The molecule has 1 N–H and O–H groups in total. The van der Waals surface area contributed by atoms with Crippen molar-refractivity contribution in [3.05, 3.63) is 18.0 Å². The van der Waals surface area contributed by atoms with E-state index in [0.717, 1.165) is 16.7 Å². The zero-order valence-electron chi connectivity index (χ0n) is 10.9. The molecule has 0 aliphatic rings. The summed E-state index contributed by atoms with van der Waals surface area (Å²) >= 11 is 0. The van der Waals surface area contributed by atoms with Gasteiger partial charge in [-0.25, -0.2) is 4.98 Å². The molecule has 0 aliphatic heterocycles. The first-order valence-corrected chi connectivity index (χ1v) is 5.57. The van der Waals surface area contributed by atoms with Gasteiger partial charge in [0.05, 0.1) is 25.8 Å². The fourth-order valence-corrected chi connectivity index (χ4v) is 2.00. The van der Waals surface area contributed by atoms with Crippen molar-refractivity contribution in [1.82, 2.24) is 9.97 Å². The highest BCUT2D eigenvalue weighted by atomic mass is 16.5. The van der Waals surface area contributed by atoms with Crippen LogP contribution in [0.15, 0.2) is 12.4 Å². The van der Waals surface area contributed by atoms with E-state index in [-0.39, 0.29) is 5.41 Å². The number of nitrogens with zero attached hydrogens (tertiary/aromatic N) is 1. The van der Waals surface area contributed by atoms with Crippen molar-refractivity contribution in [2.45, 2.75) is 26.2 Å². The first-order chi connectivity index (χ1) is 7.99. The number of ether oxygens (including phenoxy) is 2. The van der Waals surface area contributed by atoms with E-state index in [1.807, 2.05) is 6.20 Å². The molecule has 2 aromatic heterocycles. The molecule has 17 heavy (non-hydrogen) atoms. The lowest BCUT2D eigenvalue weighted by Crippen LogP contribution is -2.10. The molecule has 0 fully saturated rings. The molecule has 0 spiro atoms. The van der Waals surface area contributed by atoms with Gasteiger partial charge in [0.2, 0.25) is 5.88 Å². The van der Waals surface area contributed by atoms with Crippen molar-refractivity contribution >= 4 is 10.9 Å². The smallest absolute Gasteiger partial charge is 0.238 e. The first-order valence-electron chi connectivity index (χ1n) is 5.57. The van der Waals surface area contributed by atoms with Crippen LogP contribution in [0.3, 0.4) is 0 Å². The molecule has 4 nitrogen and oxygen atoms in total. The highest BCUT2D eigenvalue weighted by molar-refractivity contribution is 5.93. The molecular formula is C13H18N2O2. The van der Waals surface area contributed by atoms with Gasteiger partial charge in [-0.2, -0.15) is 0 Å². The largest absolute Gasteiger partial charge is 0.494 e. The van der Waals surface area contributed by atoms with E-state index in [0.29, 0.717) is 5.88 Å². The van der Waals surface area contributed by atoms with E-state index < -0.39 is 0 Å². The lowest BCUT2D eigenvalue weighted by Gasteiger charge is -2.18. The minimum atomic E-state index is 0.0396. The molecule has 2 rings (SSSR count). The number of aromatic nitrogens is 2. The number of fused-ring (bicyclic) bond motifs is 1. The monoisotopic (exact) mass is 234 g/mol. The molecule has 0 bridgehead atoms. The number of methoxy groups -OCH3 is 2. The predicted octanol–water partition coefficient (Wildman–Crippen LogP) is 2.88. The fourth-order valence-electron chi connectivity index (χ4n) is 2.00. The van der Waals surface area contributed by atoms with E-state index in [1.54, 1.807) is 20.4 Å². The topological polar surface area (TPSA) is 47.1 Å². The van der Waals surface area contributed by atoms with Crippen molar-refractivity contribution in [3.8, 4) is 11.6 Å². The molecule has 0 aromatic carbocycles. The molecule has 0 aliphatic carbocycles. The molecule has 4 heteroatoms. The third-order valence-corrected chi connectivity index (χ3v) is 2.86. The van der Waals surface area contributed by atoms with Gasteiger partial charge in [-0.3, -0.25) is 0 Å². The van der Waals surface area contributed by atoms with Gasteiger partial charge in [0.15, 0.2) is 0 Å². The molecular weight excluding hydrogens is 216 g/mol. The number of H-pyrrole nitrogens is 1. The Morgan fingerprint density at radius 1 is 1.18 bits per heavy atom. The van der Waals surface area contributed by atoms with Gasteiger partial charge in [0.25, 0.3) is 0 Å². The first kappa shape index (κ1) is 11.8. The van der Waals surface area contributed by atoms with E-state index in [1.165, 1.54) is 5.56 Å². The molecule has 0 saturated heterocycles. The Bertz CT molecular complexity index is 538. The standard InChI is InChI=1S/C13H18N2O2/c1-13(2,3)8-6-14-11-10(8)9(16-4)7-15-12(11)17-5/h6-7,14H,1-5H3. The summed E-state index contributed by atoms with van der Waals surface area (Å²) in [4.78, 5) is 7.43. The summed E-state index contributed by atoms with van der Waals surface area (Å²) in [5.74, 6) is 1.36. The third-order valence-electron chi connectivity index (χ3n) is 2.86. The van der Waals surface area contributed by atoms with Gasteiger partial charge in [-0.15, -0.1) is 0 Å². The van der Waals surface area contributed by atoms with Gasteiger partial charge < -0.3 is 14.5 Å². The summed E-state index contributed by atoms with van der Waals surface area (Å²) in [5.41, 5.74) is 2.12. The maximum atomic E-state index is 5.38. The number of hydrogen-bond acceptors (Lipinski definition) is 3. The zero-order chi connectivity index (χ0) is 12.6. The Morgan fingerprint density at radius 3 is 2.41 bits per heavy atom. The van der Waals surface area contributed by atoms with Crippen molar-refractivity contribution in [2.24, 2.45) is 0 Å². The minimum Gasteiger partial charge on any atom is -0.494 e. The molecule has 2 aromatic rings. The average molecular weight is 234 g/mol. The van der Waals surface area contributed by atoms with Crippen molar-refractivity contribution in [2.75, 3.05) is 14.2 Å². The number of hydrogen-bond donors (Lipinski definition) is 1. The van der Waals surface area contributed by atoms with Crippen molar-refractivity contribution in [1.29, 1.82) is 0 Å². The minimum absolute atomic E-state index is 0.0396. The van der Waals surface area contributed by atoms with Crippen LogP contribution in [0, 0.1) is 0 Å². The van der Waals surface area contributed by atoms with Crippen LogP contribution in [-0.2, 0) is 5.41 Å². The molecule has 0 amide bonds. The summed E-state index contributed by atoms with van der Waals surface area (Å²) in [6.45, 7) is 6.51. The van der Waals surface area contributed by atoms with Crippen LogP contribution in [0.5, 0.6) is 11.6 Å². The second kappa shape index (κ2) is 3.95. The summed E-state index contributed by atoms with van der Waals surface area (Å²) < 4.78 is 10.6. The van der Waals surface area contributed by atoms with Crippen LogP contribution < -0.4 is 9.47 Å². The zero-order valence-corrected chi connectivity index (χ0v) is 10.9. The Morgan fingerprint density at radius 2 is 1.88 bits per heavy atom. The van der Waals surface area contributed by atoms with E-state index in [4.69, 9.17) is 9.47 Å². The third kappa shape index (κ3) is 1.84. The van der Waals surface area contributed by atoms with Gasteiger partial charge in [0, 0.05) is 6.20 Å². The summed E-state index contributed by atoms with van der Waals surface area (Å²) in [6, 6.07) is 0. The van der Waals surface area contributed by atoms with Crippen LogP contribution >= 0.6 is 0 Å². The number of aromatic amines is 1. The lowest BCUT2D eigenvalue weighted by molar-refractivity contribution is 0.394. The van der Waals surface area contributed by atoms with Gasteiger partial charge in [-0.1, -0.05) is 20.8 Å². The second-order valence-corrected chi connectivity index (χ2v) is 5.04. The Hall–Kier alpha value is -1.71. The molecule has 0 unspecified atom stereocenters. The van der Waals surface area contributed by atoms with E-state index in [2.05, 4.69) is 30.7 Å². The Kier molecular flexibility index (Phi) is 2.73. The summed E-state index contributed by atoms with van der Waals surface area (Å²) in [7, 11) is 3.27. The number of nitrogens with one attached hydrogen (secondary N) is 1. The fraction of sp³-hybridized carbons (Fsp3) is 0.462. The lowest BCUT2D eigenvalue weighted by atomic mass is 9.87. The van der Waals surface area contributed by atoms with E-state index in [9.17, 15) is 0 Å². The quantitative estimate of drug-likeness (QED) is 0.869. The van der Waals surface area contributed by atoms with Crippen molar-refractivity contribution in [3.63, 3.8) is 0 Å². The normalized spacial score (nSPS) is 11.8. The Labute approximate surface area is 101 Å². The summed E-state index contributed by atoms with van der Waals surface area (Å²) in [6.07, 6.45) is 3.70. The highest BCUT2D eigenvalue weighted by Crippen LogP contribution is 2.38. The van der Waals surface area contributed by atoms with Crippen LogP contribution in [0.25, 0.3) is 10.9 Å². The highest BCUT2D eigenvalue weighted by Gasteiger charge is 2.22. The maximum absolute atomic E-state index is 5.38. The van der Waals surface area contributed by atoms with Gasteiger partial charge in [-0.05, 0) is 11.0 Å². The van der Waals surface area contributed by atoms with Crippen LogP contribution in [0.2, 0.25) is 0 Å². The SMILES string of the molecule is COc1ncc(OC)c2c(C(C)(C)C)c[nH]c12. The van der Waals surface area contributed by atoms with Crippen LogP contribution in [0.1, 0.15) is 26.3 Å². The Balaban J connectivity index is 2.81. The average Bonchev–Trinajstić information content (AvgIpc) is 2.71. The van der Waals surface area contributed by atoms with Gasteiger partial charge in [0.1, 0.15) is 11.3 Å². The van der Waals surface area contributed by atoms with E-state index >= 15 is 0 Å². The molecule has 2 heterocycles. The summed E-state index contributed by atoms with van der Waals surface area (Å²) in [5, 5.41) is 1.05. The molecule has 0 atom stereocenters. The number of rotatable bonds is 2. The molecule has 0 radical (unpaired) electrons. The molecule has 92 valence electrons. The van der Waals surface area contributed by atoms with Crippen LogP contribution in [-0.4, -0.2) is 24.2 Å².